The van der Waals surface area contributed by atoms with Crippen LogP contribution in [-0.2, 0) is 6.42 Å². The minimum atomic E-state index is -0.321. The summed E-state index contributed by atoms with van der Waals surface area (Å²) in [7, 11) is 1.52. The van der Waals surface area contributed by atoms with Crippen LogP contribution >= 0.6 is 0 Å². The third-order valence-corrected chi connectivity index (χ3v) is 3.04. The summed E-state index contributed by atoms with van der Waals surface area (Å²) in [6, 6.07) is 11.7. The summed E-state index contributed by atoms with van der Waals surface area (Å²) in [5.41, 5.74) is 1.88. The maximum Gasteiger partial charge on any atom is 0.144 e. The molecule has 2 rings (SSSR count). The Bertz CT molecular complexity index is 569. The number of nitrogens with one attached hydrogen (secondary N) is 1. The van der Waals surface area contributed by atoms with Gasteiger partial charge in [-0.05, 0) is 43.2 Å². The van der Waals surface area contributed by atoms with Crippen molar-refractivity contribution in [1.29, 1.82) is 0 Å². The zero-order valence-corrected chi connectivity index (χ0v) is 11.6. The molecule has 1 unspecified atom stereocenters. The van der Waals surface area contributed by atoms with Crippen LogP contribution in [0.15, 0.2) is 42.5 Å². The van der Waals surface area contributed by atoms with Gasteiger partial charge < -0.3 is 15.2 Å². The molecule has 4 heteroatoms. The first kappa shape index (κ1) is 14.2. The molecule has 0 heterocycles. The average molecular weight is 275 g/mol. The molecule has 106 valence electrons. The van der Waals surface area contributed by atoms with E-state index in [1.54, 1.807) is 18.2 Å². The summed E-state index contributed by atoms with van der Waals surface area (Å²) in [6.45, 7) is 2.04. The zero-order valence-electron chi connectivity index (χ0n) is 11.6. The number of phenolic OH excluding ortho intramolecular Hbond substituents is 1. The van der Waals surface area contributed by atoms with Crippen LogP contribution in [0.1, 0.15) is 12.5 Å². The van der Waals surface area contributed by atoms with E-state index in [9.17, 15) is 9.50 Å². The van der Waals surface area contributed by atoms with E-state index in [-0.39, 0.29) is 17.6 Å². The van der Waals surface area contributed by atoms with Crippen molar-refractivity contribution in [3.05, 3.63) is 53.8 Å². The highest BCUT2D eigenvalue weighted by molar-refractivity contribution is 5.57. The molecule has 0 aliphatic carbocycles. The standard InChI is InChI=1S/C16H18FNO2/c1-11(9-12-3-6-14(19)7-4-12)18-15-8-5-13(17)10-16(15)20-2/h3-8,10-11,18-19H,9H2,1-2H3. The van der Waals surface area contributed by atoms with Crippen molar-refractivity contribution in [3.63, 3.8) is 0 Å². The second-order valence-corrected chi connectivity index (χ2v) is 4.76. The van der Waals surface area contributed by atoms with Crippen molar-refractivity contribution >= 4 is 5.69 Å². The Morgan fingerprint density at radius 1 is 1.20 bits per heavy atom. The highest BCUT2D eigenvalue weighted by Crippen LogP contribution is 2.26. The van der Waals surface area contributed by atoms with E-state index in [2.05, 4.69) is 5.32 Å². The maximum atomic E-state index is 13.1. The number of ether oxygens (including phenoxy) is 1. The molecule has 2 aromatic carbocycles. The first-order chi connectivity index (χ1) is 9.58. The second-order valence-electron chi connectivity index (χ2n) is 4.76. The fourth-order valence-corrected chi connectivity index (χ4v) is 2.09. The van der Waals surface area contributed by atoms with Gasteiger partial charge in [0.1, 0.15) is 17.3 Å². The van der Waals surface area contributed by atoms with Gasteiger partial charge in [-0.3, -0.25) is 0 Å². The van der Waals surface area contributed by atoms with Crippen LogP contribution < -0.4 is 10.1 Å². The third-order valence-electron chi connectivity index (χ3n) is 3.04. The largest absolute Gasteiger partial charge is 0.508 e. The van der Waals surface area contributed by atoms with Gasteiger partial charge in [0.25, 0.3) is 0 Å². The number of anilines is 1. The second kappa shape index (κ2) is 6.28. The Kier molecular flexibility index (Phi) is 4.45. The molecule has 0 amide bonds. The number of halogens is 1. The lowest BCUT2D eigenvalue weighted by Gasteiger charge is -2.17. The van der Waals surface area contributed by atoms with E-state index in [1.807, 2.05) is 19.1 Å². The first-order valence-electron chi connectivity index (χ1n) is 6.46. The Hall–Kier alpha value is -2.23. The first-order valence-corrected chi connectivity index (χ1v) is 6.46. The van der Waals surface area contributed by atoms with Crippen molar-refractivity contribution in [2.45, 2.75) is 19.4 Å². The molecular weight excluding hydrogens is 257 g/mol. The quantitative estimate of drug-likeness (QED) is 0.876. The normalized spacial score (nSPS) is 11.9. The molecule has 3 nitrogen and oxygen atoms in total. The van der Waals surface area contributed by atoms with Crippen molar-refractivity contribution < 1.29 is 14.2 Å². The van der Waals surface area contributed by atoms with Crippen molar-refractivity contribution in [2.75, 3.05) is 12.4 Å². The Morgan fingerprint density at radius 2 is 1.90 bits per heavy atom. The molecule has 0 aliphatic rings. The molecule has 0 saturated carbocycles. The topological polar surface area (TPSA) is 41.5 Å². The molecule has 20 heavy (non-hydrogen) atoms. The van der Waals surface area contributed by atoms with Crippen molar-refractivity contribution in [1.82, 2.24) is 0 Å². The number of rotatable bonds is 5. The summed E-state index contributed by atoms with van der Waals surface area (Å²) in [5, 5.41) is 12.6. The number of hydrogen-bond donors (Lipinski definition) is 2. The molecule has 0 fully saturated rings. The number of methoxy groups -OCH3 is 1. The summed E-state index contributed by atoms with van der Waals surface area (Å²) in [4.78, 5) is 0. The van der Waals surface area contributed by atoms with Crippen molar-refractivity contribution in [3.8, 4) is 11.5 Å². The van der Waals surface area contributed by atoms with Gasteiger partial charge in [-0.25, -0.2) is 4.39 Å². The molecule has 0 saturated heterocycles. The van der Waals surface area contributed by atoms with Crippen LogP contribution in [0.25, 0.3) is 0 Å². The Labute approximate surface area is 118 Å². The molecule has 0 radical (unpaired) electrons. The Balaban J connectivity index is 2.04. The van der Waals surface area contributed by atoms with Crippen LogP contribution in [0, 0.1) is 5.82 Å². The van der Waals surface area contributed by atoms with Gasteiger partial charge in [-0.1, -0.05) is 12.1 Å². The van der Waals surface area contributed by atoms with Gasteiger partial charge in [-0.2, -0.15) is 0 Å². The molecule has 0 aromatic heterocycles. The monoisotopic (exact) mass is 275 g/mol. The number of aromatic hydroxyl groups is 1. The highest BCUT2D eigenvalue weighted by atomic mass is 19.1. The third kappa shape index (κ3) is 3.63. The van der Waals surface area contributed by atoms with E-state index in [0.29, 0.717) is 5.75 Å². The van der Waals surface area contributed by atoms with E-state index >= 15 is 0 Å². The minimum Gasteiger partial charge on any atom is -0.508 e. The minimum absolute atomic E-state index is 0.152. The lowest BCUT2D eigenvalue weighted by atomic mass is 10.1. The van der Waals surface area contributed by atoms with E-state index < -0.39 is 0 Å². The molecule has 2 aromatic rings. The molecular formula is C16H18FNO2. The van der Waals surface area contributed by atoms with Gasteiger partial charge in [0.05, 0.1) is 12.8 Å². The molecule has 1 atom stereocenters. The van der Waals surface area contributed by atoms with E-state index in [0.717, 1.165) is 17.7 Å². The fraction of sp³-hybridized carbons (Fsp3) is 0.250. The highest BCUT2D eigenvalue weighted by Gasteiger charge is 2.09. The lowest BCUT2D eigenvalue weighted by molar-refractivity contribution is 0.412. The summed E-state index contributed by atoms with van der Waals surface area (Å²) in [5.74, 6) is 0.427. The molecule has 0 bridgehead atoms. The summed E-state index contributed by atoms with van der Waals surface area (Å²) >= 11 is 0. The summed E-state index contributed by atoms with van der Waals surface area (Å²) < 4.78 is 18.3. The maximum absolute atomic E-state index is 13.1. The molecule has 0 spiro atoms. The van der Waals surface area contributed by atoms with Gasteiger partial charge in [0.2, 0.25) is 0 Å². The molecule has 2 N–H and O–H groups in total. The zero-order chi connectivity index (χ0) is 14.5. The van der Waals surface area contributed by atoms with Crippen LogP contribution in [0.2, 0.25) is 0 Å². The van der Waals surface area contributed by atoms with Crippen LogP contribution in [0.4, 0.5) is 10.1 Å². The van der Waals surface area contributed by atoms with Gasteiger partial charge in [0, 0.05) is 12.1 Å². The van der Waals surface area contributed by atoms with Gasteiger partial charge >= 0.3 is 0 Å². The summed E-state index contributed by atoms with van der Waals surface area (Å²) in [6.07, 6.45) is 0.792. The smallest absolute Gasteiger partial charge is 0.144 e. The van der Waals surface area contributed by atoms with E-state index in [1.165, 1.54) is 19.2 Å². The number of phenols is 1. The van der Waals surface area contributed by atoms with Crippen LogP contribution in [0.3, 0.4) is 0 Å². The number of hydrogen-bond acceptors (Lipinski definition) is 3. The predicted octanol–water partition coefficient (Wildman–Crippen LogP) is 3.58. The van der Waals surface area contributed by atoms with Gasteiger partial charge in [-0.15, -0.1) is 0 Å². The van der Waals surface area contributed by atoms with Crippen LogP contribution in [0.5, 0.6) is 11.5 Å². The Morgan fingerprint density at radius 3 is 2.55 bits per heavy atom. The van der Waals surface area contributed by atoms with Crippen LogP contribution in [-0.4, -0.2) is 18.3 Å². The fourth-order valence-electron chi connectivity index (χ4n) is 2.09. The average Bonchev–Trinajstić information content (AvgIpc) is 2.43. The lowest BCUT2D eigenvalue weighted by Crippen LogP contribution is -2.18. The van der Waals surface area contributed by atoms with Gasteiger partial charge in [0.15, 0.2) is 0 Å². The predicted molar refractivity (Wildman–Crippen MR) is 77.8 cm³/mol. The SMILES string of the molecule is COc1cc(F)ccc1NC(C)Cc1ccc(O)cc1. The molecule has 0 aliphatic heterocycles. The van der Waals surface area contributed by atoms with Crippen molar-refractivity contribution in [2.24, 2.45) is 0 Å². The van der Waals surface area contributed by atoms with E-state index in [4.69, 9.17) is 4.74 Å². The number of benzene rings is 2.